The van der Waals surface area contributed by atoms with Crippen LogP contribution in [0.5, 0.6) is 0 Å². The molecule has 0 aliphatic rings. The van der Waals surface area contributed by atoms with Gasteiger partial charge in [-0.1, -0.05) is 11.3 Å². The Hall–Kier alpha value is -2.49. The highest BCUT2D eigenvalue weighted by Crippen LogP contribution is 2.29. The van der Waals surface area contributed by atoms with Gasteiger partial charge in [-0.3, -0.25) is 4.79 Å². The number of aromatic nitrogens is 4. The van der Waals surface area contributed by atoms with Crippen molar-refractivity contribution in [3.05, 3.63) is 46.7 Å². The van der Waals surface area contributed by atoms with E-state index in [1.165, 1.54) is 22.2 Å². The quantitative estimate of drug-likeness (QED) is 0.789. The molecule has 0 atom stereocenters. The van der Waals surface area contributed by atoms with Gasteiger partial charge in [-0.25, -0.2) is 0 Å². The average Bonchev–Trinajstić information content (AvgIpc) is 3.07. The van der Waals surface area contributed by atoms with Crippen LogP contribution < -0.4 is 5.32 Å². The largest absolute Gasteiger partial charge is 0.416 e. The zero-order valence-corrected chi connectivity index (χ0v) is 12.4. The molecule has 0 bridgehead atoms. The predicted molar refractivity (Wildman–Crippen MR) is 76.1 cm³/mol. The standard InChI is InChI=1S/C13H10F3N5OS/c14-13(15,16)9-3-1-8(2-4-9)11(22)17-6-5-10-20-21-7-18-19-12(21)23-10/h1-4,7H,5-6H2,(H,17,22). The summed E-state index contributed by atoms with van der Waals surface area (Å²) in [6, 6.07) is 4.08. The SMILES string of the molecule is O=C(NCCc1nn2cnnc2s1)c1ccc(C(F)(F)F)cc1. The fourth-order valence-corrected chi connectivity index (χ4v) is 2.71. The third kappa shape index (κ3) is 3.47. The summed E-state index contributed by atoms with van der Waals surface area (Å²) in [4.78, 5) is 12.5. The normalized spacial score (nSPS) is 11.8. The number of nitrogens with one attached hydrogen (secondary N) is 1. The lowest BCUT2D eigenvalue weighted by atomic mass is 10.1. The maximum absolute atomic E-state index is 12.5. The van der Waals surface area contributed by atoms with E-state index in [1.54, 1.807) is 0 Å². The molecule has 3 aromatic rings. The van der Waals surface area contributed by atoms with Gasteiger partial charge in [-0.2, -0.15) is 22.8 Å². The molecule has 0 aliphatic carbocycles. The number of carbonyl (C=O) groups excluding carboxylic acids is 1. The Morgan fingerprint density at radius 3 is 2.65 bits per heavy atom. The molecule has 10 heteroatoms. The summed E-state index contributed by atoms with van der Waals surface area (Å²) in [5, 5.41) is 15.2. The van der Waals surface area contributed by atoms with Crippen LogP contribution in [0.2, 0.25) is 0 Å². The van der Waals surface area contributed by atoms with Crippen molar-refractivity contribution < 1.29 is 18.0 Å². The molecule has 120 valence electrons. The number of amides is 1. The minimum absolute atomic E-state index is 0.177. The van der Waals surface area contributed by atoms with Crippen molar-refractivity contribution in [2.45, 2.75) is 12.6 Å². The molecule has 1 amide bonds. The summed E-state index contributed by atoms with van der Waals surface area (Å²) < 4.78 is 38.9. The van der Waals surface area contributed by atoms with Crippen LogP contribution in [0.4, 0.5) is 13.2 Å². The summed E-state index contributed by atoms with van der Waals surface area (Å²) in [5.41, 5.74) is -0.607. The number of benzene rings is 1. The Balaban J connectivity index is 1.55. The second-order valence-electron chi connectivity index (χ2n) is 4.63. The van der Waals surface area contributed by atoms with Crippen molar-refractivity contribution in [2.75, 3.05) is 6.54 Å². The Bertz CT molecular complexity index is 796. The number of hydrogen-bond donors (Lipinski definition) is 1. The molecule has 3 rings (SSSR count). The lowest BCUT2D eigenvalue weighted by Crippen LogP contribution is -2.25. The molecule has 0 fully saturated rings. The van der Waals surface area contributed by atoms with Crippen LogP contribution in [-0.4, -0.2) is 32.3 Å². The minimum atomic E-state index is -4.41. The van der Waals surface area contributed by atoms with E-state index in [9.17, 15) is 18.0 Å². The highest BCUT2D eigenvalue weighted by molar-refractivity contribution is 7.16. The number of alkyl halides is 3. The lowest BCUT2D eigenvalue weighted by molar-refractivity contribution is -0.137. The summed E-state index contributed by atoms with van der Waals surface area (Å²) >= 11 is 1.36. The van der Waals surface area contributed by atoms with Crippen molar-refractivity contribution in [2.24, 2.45) is 0 Å². The highest BCUT2D eigenvalue weighted by Gasteiger charge is 2.30. The first-order chi connectivity index (χ1) is 10.9. The van der Waals surface area contributed by atoms with E-state index in [0.29, 0.717) is 17.9 Å². The Labute approximate surface area is 132 Å². The minimum Gasteiger partial charge on any atom is -0.352 e. The topological polar surface area (TPSA) is 72.2 Å². The zero-order valence-electron chi connectivity index (χ0n) is 11.5. The molecule has 0 unspecified atom stereocenters. The molecule has 6 nitrogen and oxygen atoms in total. The van der Waals surface area contributed by atoms with E-state index in [-0.39, 0.29) is 5.56 Å². The van der Waals surface area contributed by atoms with Crippen molar-refractivity contribution in [1.82, 2.24) is 25.1 Å². The molecule has 2 heterocycles. The second-order valence-corrected chi connectivity index (χ2v) is 5.68. The van der Waals surface area contributed by atoms with Crippen LogP contribution in [0.1, 0.15) is 20.9 Å². The monoisotopic (exact) mass is 341 g/mol. The van der Waals surface area contributed by atoms with E-state index < -0.39 is 17.6 Å². The van der Waals surface area contributed by atoms with Crippen LogP contribution in [-0.2, 0) is 12.6 Å². The number of hydrogen-bond acceptors (Lipinski definition) is 5. The molecular formula is C13H10F3N5OS. The van der Waals surface area contributed by atoms with Crippen LogP contribution in [0.15, 0.2) is 30.6 Å². The Morgan fingerprint density at radius 1 is 1.26 bits per heavy atom. The van der Waals surface area contributed by atoms with Crippen LogP contribution in [0.25, 0.3) is 4.96 Å². The van der Waals surface area contributed by atoms with Gasteiger partial charge in [-0.15, -0.1) is 10.2 Å². The van der Waals surface area contributed by atoms with Crippen LogP contribution in [0, 0.1) is 0 Å². The van der Waals surface area contributed by atoms with Crippen LogP contribution >= 0.6 is 11.3 Å². The highest BCUT2D eigenvalue weighted by atomic mass is 32.1. The molecule has 0 saturated heterocycles. The lowest BCUT2D eigenvalue weighted by Gasteiger charge is -2.08. The van der Waals surface area contributed by atoms with Gasteiger partial charge in [0.1, 0.15) is 11.3 Å². The number of nitrogens with zero attached hydrogens (tertiary/aromatic N) is 4. The zero-order chi connectivity index (χ0) is 16.4. The van der Waals surface area contributed by atoms with Crippen molar-refractivity contribution in [3.63, 3.8) is 0 Å². The van der Waals surface area contributed by atoms with Gasteiger partial charge in [0.25, 0.3) is 5.91 Å². The Morgan fingerprint density at radius 2 is 2.00 bits per heavy atom. The van der Waals surface area contributed by atoms with Gasteiger partial charge >= 0.3 is 6.18 Å². The van der Waals surface area contributed by atoms with E-state index in [1.807, 2.05) is 0 Å². The molecule has 23 heavy (non-hydrogen) atoms. The van der Waals surface area contributed by atoms with E-state index in [0.717, 1.165) is 29.3 Å². The van der Waals surface area contributed by atoms with Gasteiger partial charge in [0.2, 0.25) is 4.96 Å². The van der Waals surface area contributed by atoms with Crippen molar-refractivity contribution in [1.29, 1.82) is 0 Å². The summed E-state index contributed by atoms with van der Waals surface area (Å²) in [5.74, 6) is -0.429. The van der Waals surface area contributed by atoms with Gasteiger partial charge in [0.05, 0.1) is 5.56 Å². The molecule has 0 spiro atoms. The fourth-order valence-electron chi connectivity index (χ4n) is 1.90. The number of halogens is 3. The first kappa shape index (κ1) is 15.4. The first-order valence-electron chi connectivity index (χ1n) is 6.55. The number of rotatable bonds is 4. The summed E-state index contributed by atoms with van der Waals surface area (Å²) in [7, 11) is 0. The molecule has 1 N–H and O–H groups in total. The average molecular weight is 341 g/mol. The summed E-state index contributed by atoms with van der Waals surface area (Å²) in [6.07, 6.45) is -2.43. The third-order valence-electron chi connectivity index (χ3n) is 3.03. The van der Waals surface area contributed by atoms with Crippen LogP contribution in [0.3, 0.4) is 0 Å². The number of carbonyl (C=O) groups is 1. The van der Waals surface area contributed by atoms with E-state index in [2.05, 4.69) is 20.6 Å². The Kier molecular flexibility index (Phi) is 3.99. The molecule has 0 aliphatic heterocycles. The first-order valence-corrected chi connectivity index (χ1v) is 7.36. The van der Waals surface area contributed by atoms with Crippen molar-refractivity contribution in [3.8, 4) is 0 Å². The molecule has 1 aromatic carbocycles. The van der Waals surface area contributed by atoms with Gasteiger partial charge in [-0.05, 0) is 24.3 Å². The number of fused-ring (bicyclic) bond motifs is 1. The van der Waals surface area contributed by atoms with E-state index in [4.69, 9.17) is 0 Å². The molecular weight excluding hydrogens is 331 g/mol. The van der Waals surface area contributed by atoms with Gasteiger partial charge < -0.3 is 5.32 Å². The van der Waals surface area contributed by atoms with E-state index >= 15 is 0 Å². The molecule has 2 aromatic heterocycles. The summed E-state index contributed by atoms with van der Waals surface area (Å²) in [6.45, 7) is 0.323. The molecule has 0 saturated carbocycles. The second kappa shape index (κ2) is 5.95. The fraction of sp³-hybridized carbons (Fsp3) is 0.231. The maximum atomic E-state index is 12.5. The van der Waals surface area contributed by atoms with Crippen molar-refractivity contribution >= 4 is 22.2 Å². The maximum Gasteiger partial charge on any atom is 0.416 e. The smallest absolute Gasteiger partial charge is 0.352 e. The molecule has 0 radical (unpaired) electrons. The van der Waals surface area contributed by atoms with Gasteiger partial charge in [0.15, 0.2) is 0 Å². The third-order valence-corrected chi connectivity index (χ3v) is 4.00. The van der Waals surface area contributed by atoms with Gasteiger partial charge in [0, 0.05) is 18.5 Å². The predicted octanol–water partition coefficient (Wildman–Crippen LogP) is 2.18.